The lowest BCUT2D eigenvalue weighted by Crippen LogP contribution is -2.21. The predicted molar refractivity (Wildman–Crippen MR) is 66.7 cm³/mol. The van der Waals surface area contributed by atoms with Crippen LogP contribution in [0.5, 0.6) is 0 Å². The number of rotatable bonds is 2. The van der Waals surface area contributed by atoms with Crippen LogP contribution in [0.3, 0.4) is 0 Å². The molecule has 1 saturated heterocycles. The molecule has 0 aliphatic carbocycles. The zero-order valence-electron chi connectivity index (χ0n) is 10.2. The van der Waals surface area contributed by atoms with Gasteiger partial charge < -0.3 is 15.0 Å². The van der Waals surface area contributed by atoms with Gasteiger partial charge in [0.2, 0.25) is 5.82 Å². The van der Waals surface area contributed by atoms with E-state index in [4.69, 9.17) is 15.0 Å². The van der Waals surface area contributed by atoms with Crippen LogP contribution in [-0.2, 0) is 10.3 Å². The summed E-state index contributed by atoms with van der Waals surface area (Å²) < 4.78 is 11.0. The summed E-state index contributed by atoms with van der Waals surface area (Å²) in [4.78, 5) is 4.41. The lowest BCUT2D eigenvalue weighted by molar-refractivity contribution is 0.00768. The highest BCUT2D eigenvalue weighted by Crippen LogP contribution is 2.35. The van der Waals surface area contributed by atoms with Crippen LogP contribution < -0.4 is 5.73 Å². The fourth-order valence-corrected chi connectivity index (χ4v) is 2.19. The van der Waals surface area contributed by atoms with Gasteiger partial charge in [0.1, 0.15) is 5.60 Å². The summed E-state index contributed by atoms with van der Waals surface area (Å²) in [5.41, 5.74) is 6.86. The minimum Gasteiger partial charge on any atom is -0.398 e. The van der Waals surface area contributed by atoms with Crippen molar-refractivity contribution in [1.29, 1.82) is 0 Å². The molecule has 5 heteroatoms. The molecule has 5 nitrogen and oxygen atoms in total. The highest BCUT2D eigenvalue weighted by Gasteiger charge is 2.36. The van der Waals surface area contributed by atoms with Crippen molar-refractivity contribution in [2.45, 2.75) is 25.4 Å². The van der Waals surface area contributed by atoms with Crippen molar-refractivity contribution in [3.63, 3.8) is 0 Å². The molecule has 2 aromatic rings. The third-order valence-corrected chi connectivity index (χ3v) is 3.31. The van der Waals surface area contributed by atoms with Crippen molar-refractivity contribution in [3.8, 4) is 11.5 Å². The van der Waals surface area contributed by atoms with Gasteiger partial charge >= 0.3 is 0 Å². The van der Waals surface area contributed by atoms with E-state index >= 15 is 0 Å². The lowest BCUT2D eigenvalue weighted by Gasteiger charge is -2.17. The predicted octanol–water partition coefficient (Wildman–Crippen LogP) is 2.34. The molecule has 18 heavy (non-hydrogen) atoms. The molecule has 0 amide bonds. The molecule has 1 aliphatic heterocycles. The van der Waals surface area contributed by atoms with Crippen molar-refractivity contribution >= 4 is 5.69 Å². The highest BCUT2D eigenvalue weighted by molar-refractivity contribution is 5.69. The van der Waals surface area contributed by atoms with E-state index in [1.807, 2.05) is 31.2 Å². The van der Waals surface area contributed by atoms with Gasteiger partial charge in [0, 0.05) is 12.3 Å². The van der Waals surface area contributed by atoms with Crippen LogP contribution in [0, 0.1) is 0 Å². The first kappa shape index (κ1) is 11.2. The standard InChI is InChI=1S/C13H15N3O2/c1-13(7-4-8-17-13)12-15-11(18-16-12)9-5-2-3-6-10(9)14/h2-3,5-6H,4,7-8,14H2,1H3. The van der Waals surface area contributed by atoms with Gasteiger partial charge in [-0.3, -0.25) is 0 Å². The molecular weight excluding hydrogens is 230 g/mol. The molecule has 0 saturated carbocycles. The normalized spacial score (nSPS) is 23.4. The molecule has 1 fully saturated rings. The van der Waals surface area contributed by atoms with Crippen molar-refractivity contribution in [2.75, 3.05) is 12.3 Å². The number of nitrogens with two attached hydrogens (primary N) is 1. The Morgan fingerprint density at radius 3 is 2.89 bits per heavy atom. The summed E-state index contributed by atoms with van der Waals surface area (Å²) >= 11 is 0. The Kier molecular flexibility index (Phi) is 2.56. The number of aromatic nitrogens is 2. The van der Waals surface area contributed by atoms with Crippen LogP contribution in [0.4, 0.5) is 5.69 Å². The third-order valence-electron chi connectivity index (χ3n) is 3.31. The summed E-state index contributed by atoms with van der Waals surface area (Å²) in [5.74, 6) is 1.04. The number of nitrogens with zero attached hydrogens (tertiary/aromatic N) is 2. The maximum absolute atomic E-state index is 5.89. The van der Waals surface area contributed by atoms with Crippen LogP contribution in [0.25, 0.3) is 11.5 Å². The number of para-hydroxylation sites is 1. The lowest BCUT2D eigenvalue weighted by atomic mass is 10.0. The van der Waals surface area contributed by atoms with Crippen LogP contribution in [0.15, 0.2) is 28.8 Å². The molecule has 1 aromatic carbocycles. The van der Waals surface area contributed by atoms with E-state index in [0.717, 1.165) is 25.0 Å². The molecule has 0 spiro atoms. The Morgan fingerprint density at radius 1 is 1.33 bits per heavy atom. The smallest absolute Gasteiger partial charge is 0.260 e. The monoisotopic (exact) mass is 245 g/mol. The Morgan fingerprint density at radius 2 is 2.17 bits per heavy atom. The molecule has 1 aromatic heterocycles. The Hall–Kier alpha value is -1.88. The molecule has 2 heterocycles. The molecular formula is C13H15N3O2. The van der Waals surface area contributed by atoms with Gasteiger partial charge in [-0.15, -0.1) is 0 Å². The molecule has 1 atom stereocenters. The molecule has 0 bridgehead atoms. The van der Waals surface area contributed by atoms with Crippen LogP contribution in [0.2, 0.25) is 0 Å². The highest BCUT2D eigenvalue weighted by atomic mass is 16.5. The number of nitrogen functional groups attached to an aromatic ring is 1. The molecule has 2 N–H and O–H groups in total. The van der Waals surface area contributed by atoms with E-state index in [1.54, 1.807) is 0 Å². The Bertz CT molecular complexity index is 559. The van der Waals surface area contributed by atoms with Gasteiger partial charge in [-0.2, -0.15) is 4.98 Å². The quantitative estimate of drug-likeness (QED) is 0.822. The Balaban J connectivity index is 1.97. The number of hydrogen-bond donors (Lipinski definition) is 1. The van der Waals surface area contributed by atoms with Crippen LogP contribution in [0.1, 0.15) is 25.6 Å². The second-order valence-corrected chi connectivity index (χ2v) is 4.69. The summed E-state index contributed by atoms with van der Waals surface area (Å²) in [5, 5.41) is 4.02. The van der Waals surface area contributed by atoms with Crippen molar-refractivity contribution in [1.82, 2.24) is 10.1 Å². The number of hydrogen-bond acceptors (Lipinski definition) is 5. The topological polar surface area (TPSA) is 74.2 Å². The van der Waals surface area contributed by atoms with E-state index in [1.165, 1.54) is 0 Å². The van der Waals surface area contributed by atoms with Crippen molar-refractivity contribution < 1.29 is 9.26 Å². The molecule has 94 valence electrons. The van der Waals surface area contributed by atoms with Gasteiger partial charge in [0.25, 0.3) is 5.89 Å². The fourth-order valence-electron chi connectivity index (χ4n) is 2.19. The largest absolute Gasteiger partial charge is 0.398 e. The van der Waals surface area contributed by atoms with Gasteiger partial charge in [-0.1, -0.05) is 17.3 Å². The summed E-state index contributed by atoms with van der Waals surface area (Å²) in [7, 11) is 0. The summed E-state index contributed by atoms with van der Waals surface area (Å²) in [6.07, 6.45) is 1.93. The van der Waals surface area contributed by atoms with E-state index in [9.17, 15) is 0 Å². The maximum Gasteiger partial charge on any atom is 0.260 e. The van der Waals surface area contributed by atoms with E-state index in [0.29, 0.717) is 17.4 Å². The number of ether oxygens (including phenoxy) is 1. The van der Waals surface area contributed by atoms with E-state index in [2.05, 4.69) is 10.1 Å². The molecule has 3 rings (SSSR count). The van der Waals surface area contributed by atoms with Crippen molar-refractivity contribution in [3.05, 3.63) is 30.1 Å². The second-order valence-electron chi connectivity index (χ2n) is 4.69. The average molecular weight is 245 g/mol. The molecule has 1 aliphatic rings. The van der Waals surface area contributed by atoms with Crippen LogP contribution >= 0.6 is 0 Å². The first-order valence-corrected chi connectivity index (χ1v) is 6.02. The van der Waals surface area contributed by atoms with Crippen molar-refractivity contribution in [2.24, 2.45) is 0 Å². The average Bonchev–Trinajstić information content (AvgIpc) is 2.99. The van der Waals surface area contributed by atoms with Gasteiger partial charge in [0.05, 0.1) is 5.56 Å². The Labute approximate surface area is 105 Å². The zero-order valence-corrected chi connectivity index (χ0v) is 10.2. The van der Waals surface area contributed by atoms with Gasteiger partial charge in [-0.25, -0.2) is 0 Å². The van der Waals surface area contributed by atoms with E-state index < -0.39 is 5.60 Å². The summed E-state index contributed by atoms with van der Waals surface area (Å²) in [6.45, 7) is 2.73. The number of benzene rings is 1. The van der Waals surface area contributed by atoms with Gasteiger partial charge in [-0.05, 0) is 31.9 Å². The zero-order chi connectivity index (χ0) is 12.6. The van der Waals surface area contributed by atoms with E-state index in [-0.39, 0.29) is 0 Å². The minimum atomic E-state index is -0.425. The third kappa shape index (κ3) is 1.76. The first-order valence-electron chi connectivity index (χ1n) is 6.02. The minimum absolute atomic E-state index is 0.425. The molecule has 0 radical (unpaired) electrons. The molecule has 1 unspecified atom stereocenters. The van der Waals surface area contributed by atoms with Crippen LogP contribution in [-0.4, -0.2) is 16.7 Å². The number of anilines is 1. The first-order chi connectivity index (χ1) is 8.69. The summed E-state index contributed by atoms with van der Waals surface area (Å²) in [6, 6.07) is 7.44. The maximum atomic E-state index is 5.89. The fraction of sp³-hybridized carbons (Fsp3) is 0.385. The SMILES string of the molecule is CC1(c2noc(-c3ccccc3N)n2)CCCO1. The van der Waals surface area contributed by atoms with Gasteiger partial charge in [0.15, 0.2) is 0 Å². The second kappa shape index (κ2) is 4.10.